The highest BCUT2D eigenvalue weighted by Gasteiger charge is 2.50. The normalized spacial score (nSPS) is 16.5. The van der Waals surface area contributed by atoms with Crippen molar-refractivity contribution in [3.05, 3.63) is 71.8 Å². The molecule has 0 aromatic heterocycles. The van der Waals surface area contributed by atoms with Crippen LogP contribution in [0, 0.1) is 6.07 Å². The van der Waals surface area contributed by atoms with E-state index in [2.05, 4.69) is 6.07 Å². The summed E-state index contributed by atoms with van der Waals surface area (Å²) in [6, 6.07) is 20.4. The molecule has 0 bridgehead atoms. The van der Waals surface area contributed by atoms with Gasteiger partial charge in [0, 0.05) is 5.56 Å². The molecule has 0 saturated heterocycles. The summed E-state index contributed by atoms with van der Waals surface area (Å²) in [5.74, 6) is 0.254. The van der Waals surface area contributed by atoms with E-state index in [1.807, 2.05) is 54.6 Å². The Kier molecular flexibility index (Phi) is 2.32. The zero-order valence-electron chi connectivity index (χ0n) is 9.52. The lowest BCUT2D eigenvalue weighted by Gasteiger charge is -2.14. The molecule has 1 aliphatic carbocycles. The van der Waals surface area contributed by atoms with Gasteiger partial charge in [-0.25, -0.2) is 0 Å². The molecule has 0 atom stereocenters. The first-order valence-electron chi connectivity index (χ1n) is 5.89. The van der Waals surface area contributed by atoms with Crippen LogP contribution in [-0.4, -0.2) is 5.78 Å². The van der Waals surface area contributed by atoms with Crippen molar-refractivity contribution in [2.75, 3.05) is 0 Å². The van der Waals surface area contributed by atoms with Crippen molar-refractivity contribution in [1.82, 2.24) is 0 Å². The summed E-state index contributed by atoms with van der Waals surface area (Å²) in [4.78, 5) is 12.5. The van der Waals surface area contributed by atoms with E-state index in [0.29, 0.717) is 0 Å². The summed E-state index contributed by atoms with van der Waals surface area (Å²) >= 11 is 0. The van der Waals surface area contributed by atoms with Gasteiger partial charge in [-0.3, -0.25) is 4.79 Å². The van der Waals surface area contributed by atoms with E-state index in [0.717, 1.165) is 24.0 Å². The van der Waals surface area contributed by atoms with Gasteiger partial charge < -0.3 is 0 Å². The molecule has 17 heavy (non-hydrogen) atoms. The smallest absolute Gasteiger partial charge is 0.173 e. The van der Waals surface area contributed by atoms with E-state index in [9.17, 15) is 4.79 Å². The number of benzene rings is 2. The number of hydrogen-bond acceptors (Lipinski definition) is 1. The van der Waals surface area contributed by atoms with Crippen molar-refractivity contribution in [1.29, 1.82) is 0 Å². The summed E-state index contributed by atoms with van der Waals surface area (Å²) in [6.07, 6.45) is 1.93. The SMILES string of the molecule is O=C(c1ccccc1)C1(c2cc[c]cc2)CC1. The Hall–Kier alpha value is -1.89. The second kappa shape index (κ2) is 3.85. The third-order valence-electron chi connectivity index (χ3n) is 3.49. The zero-order chi connectivity index (χ0) is 11.7. The molecule has 1 heteroatoms. The van der Waals surface area contributed by atoms with Crippen LogP contribution in [0.3, 0.4) is 0 Å². The number of carbonyl (C=O) groups excluding carboxylic acids is 1. The molecule has 1 nitrogen and oxygen atoms in total. The van der Waals surface area contributed by atoms with E-state index in [-0.39, 0.29) is 11.2 Å². The van der Waals surface area contributed by atoms with Crippen LogP contribution in [0.2, 0.25) is 0 Å². The number of rotatable bonds is 3. The Labute approximate surface area is 101 Å². The molecule has 2 aromatic carbocycles. The van der Waals surface area contributed by atoms with Crippen LogP contribution in [0.5, 0.6) is 0 Å². The molecule has 0 heterocycles. The maximum absolute atomic E-state index is 12.5. The van der Waals surface area contributed by atoms with Crippen LogP contribution in [0.15, 0.2) is 54.6 Å². The third kappa shape index (κ3) is 1.68. The highest BCUT2D eigenvalue weighted by atomic mass is 16.1. The molecule has 0 aliphatic heterocycles. The topological polar surface area (TPSA) is 17.1 Å². The lowest BCUT2D eigenvalue weighted by atomic mass is 9.87. The van der Waals surface area contributed by atoms with E-state index in [4.69, 9.17) is 0 Å². The minimum absolute atomic E-state index is 0.254. The van der Waals surface area contributed by atoms with Gasteiger partial charge in [-0.15, -0.1) is 0 Å². The summed E-state index contributed by atoms with van der Waals surface area (Å²) in [5.41, 5.74) is 1.69. The molecule has 0 unspecified atom stereocenters. The van der Waals surface area contributed by atoms with Gasteiger partial charge in [-0.2, -0.15) is 0 Å². The van der Waals surface area contributed by atoms with Gasteiger partial charge in [-0.05, 0) is 24.5 Å². The first-order chi connectivity index (χ1) is 8.33. The van der Waals surface area contributed by atoms with Crippen molar-refractivity contribution in [3.63, 3.8) is 0 Å². The molecule has 2 aromatic rings. The fraction of sp³-hybridized carbons (Fsp3) is 0.188. The van der Waals surface area contributed by atoms with Gasteiger partial charge in [0.25, 0.3) is 0 Å². The highest BCUT2D eigenvalue weighted by Crippen LogP contribution is 2.50. The van der Waals surface area contributed by atoms with E-state index < -0.39 is 0 Å². The van der Waals surface area contributed by atoms with Crippen molar-refractivity contribution < 1.29 is 4.79 Å². The number of carbonyl (C=O) groups is 1. The predicted octanol–water partition coefficient (Wildman–Crippen LogP) is 3.40. The molecule has 0 N–H and O–H groups in total. The Bertz CT molecular complexity index is 524. The molecule has 83 valence electrons. The van der Waals surface area contributed by atoms with E-state index >= 15 is 0 Å². The maximum atomic E-state index is 12.5. The molecule has 1 radical (unpaired) electrons. The molecular weight excluding hydrogens is 208 g/mol. The lowest BCUT2D eigenvalue weighted by molar-refractivity contribution is 0.0946. The first kappa shape index (κ1) is 10.3. The quantitative estimate of drug-likeness (QED) is 0.726. The van der Waals surface area contributed by atoms with E-state index in [1.54, 1.807) is 0 Å². The fourth-order valence-corrected chi connectivity index (χ4v) is 2.34. The molecule has 3 rings (SSSR count). The van der Waals surface area contributed by atoms with Gasteiger partial charge in [0.2, 0.25) is 0 Å². The Morgan fingerprint density at radius 2 is 1.65 bits per heavy atom. The standard InChI is InChI=1S/C16H13O/c17-15(13-7-3-1-4-8-13)16(11-12-16)14-9-5-2-6-10-14/h1,3-10H,11-12H2. The largest absolute Gasteiger partial charge is 0.293 e. The summed E-state index contributed by atoms with van der Waals surface area (Å²) in [6.45, 7) is 0. The zero-order valence-corrected chi connectivity index (χ0v) is 9.52. The minimum atomic E-state index is -0.254. The second-order valence-corrected chi connectivity index (χ2v) is 4.57. The van der Waals surface area contributed by atoms with Crippen LogP contribution in [0.25, 0.3) is 0 Å². The second-order valence-electron chi connectivity index (χ2n) is 4.57. The van der Waals surface area contributed by atoms with Crippen LogP contribution in [-0.2, 0) is 5.41 Å². The Morgan fingerprint density at radius 3 is 2.24 bits per heavy atom. The molecule has 0 spiro atoms. The molecule has 1 fully saturated rings. The first-order valence-corrected chi connectivity index (χ1v) is 5.89. The summed E-state index contributed by atoms with van der Waals surface area (Å²) in [7, 11) is 0. The number of Topliss-reactive ketones (excluding diaryl/α,β-unsaturated/α-hetero) is 1. The van der Waals surface area contributed by atoms with Gasteiger partial charge in [0.15, 0.2) is 5.78 Å². The van der Waals surface area contributed by atoms with Gasteiger partial charge in [-0.1, -0.05) is 54.6 Å². The minimum Gasteiger partial charge on any atom is -0.293 e. The molecule has 1 saturated carbocycles. The fourth-order valence-electron chi connectivity index (χ4n) is 2.34. The van der Waals surface area contributed by atoms with Gasteiger partial charge in [0.1, 0.15) is 0 Å². The molecule has 1 aliphatic rings. The Morgan fingerprint density at radius 1 is 1.00 bits per heavy atom. The van der Waals surface area contributed by atoms with E-state index in [1.165, 1.54) is 0 Å². The van der Waals surface area contributed by atoms with Gasteiger partial charge in [0.05, 0.1) is 5.41 Å². The van der Waals surface area contributed by atoms with Crippen LogP contribution >= 0.6 is 0 Å². The van der Waals surface area contributed by atoms with Crippen molar-refractivity contribution >= 4 is 5.78 Å². The Balaban J connectivity index is 1.98. The van der Waals surface area contributed by atoms with Gasteiger partial charge >= 0.3 is 0 Å². The van der Waals surface area contributed by atoms with Crippen LogP contribution < -0.4 is 0 Å². The molecular formula is C16H13O. The number of hydrogen-bond donors (Lipinski definition) is 0. The monoisotopic (exact) mass is 221 g/mol. The maximum Gasteiger partial charge on any atom is 0.173 e. The van der Waals surface area contributed by atoms with Crippen LogP contribution in [0.4, 0.5) is 0 Å². The lowest BCUT2D eigenvalue weighted by Crippen LogP contribution is -2.20. The third-order valence-corrected chi connectivity index (χ3v) is 3.49. The van der Waals surface area contributed by atoms with Crippen molar-refractivity contribution in [2.24, 2.45) is 0 Å². The highest BCUT2D eigenvalue weighted by molar-refractivity contribution is 6.06. The molecule has 0 amide bonds. The van der Waals surface area contributed by atoms with Crippen molar-refractivity contribution in [2.45, 2.75) is 18.3 Å². The average Bonchev–Trinajstić information content (AvgIpc) is 3.21. The van der Waals surface area contributed by atoms with Crippen LogP contribution in [0.1, 0.15) is 28.8 Å². The summed E-state index contributed by atoms with van der Waals surface area (Å²) in [5, 5.41) is 0. The average molecular weight is 221 g/mol. The number of ketones is 1. The van der Waals surface area contributed by atoms with Crippen molar-refractivity contribution in [3.8, 4) is 0 Å². The predicted molar refractivity (Wildman–Crippen MR) is 67.0 cm³/mol. The summed E-state index contributed by atoms with van der Waals surface area (Å²) < 4.78 is 0.